The van der Waals surface area contributed by atoms with Crippen LogP contribution in [0.3, 0.4) is 0 Å². The molecular formula is C11H19NO4. The number of methoxy groups -OCH3 is 1. The fourth-order valence-electron chi connectivity index (χ4n) is 1.83. The van der Waals surface area contributed by atoms with Crippen LogP contribution < -0.4 is 0 Å². The highest BCUT2D eigenvalue weighted by atomic mass is 16.5. The predicted molar refractivity (Wildman–Crippen MR) is 57.6 cm³/mol. The van der Waals surface area contributed by atoms with Crippen molar-refractivity contribution in [2.45, 2.75) is 39.3 Å². The molecule has 1 amide bonds. The molecule has 0 aliphatic carbocycles. The maximum absolute atomic E-state index is 12.1. The number of esters is 1. The van der Waals surface area contributed by atoms with Gasteiger partial charge in [0, 0.05) is 18.4 Å². The summed E-state index contributed by atoms with van der Waals surface area (Å²) in [4.78, 5) is 24.9. The molecule has 5 nitrogen and oxygen atoms in total. The van der Waals surface area contributed by atoms with Gasteiger partial charge >= 0.3 is 5.97 Å². The first-order valence-corrected chi connectivity index (χ1v) is 5.34. The van der Waals surface area contributed by atoms with E-state index in [0.29, 0.717) is 0 Å². The van der Waals surface area contributed by atoms with E-state index in [1.54, 1.807) is 20.8 Å². The summed E-state index contributed by atoms with van der Waals surface area (Å²) in [7, 11) is 1.28. The minimum Gasteiger partial charge on any atom is -0.467 e. The normalized spacial score (nSPS) is 25.7. The van der Waals surface area contributed by atoms with Gasteiger partial charge in [-0.15, -0.1) is 0 Å². The summed E-state index contributed by atoms with van der Waals surface area (Å²) in [5.74, 6) is -0.603. The molecule has 16 heavy (non-hydrogen) atoms. The number of rotatable bonds is 1. The number of amides is 1. The van der Waals surface area contributed by atoms with Crippen LogP contribution >= 0.6 is 0 Å². The van der Waals surface area contributed by atoms with Gasteiger partial charge < -0.3 is 14.7 Å². The third-order valence-electron chi connectivity index (χ3n) is 2.65. The van der Waals surface area contributed by atoms with Crippen molar-refractivity contribution in [1.29, 1.82) is 0 Å². The zero-order valence-electron chi connectivity index (χ0n) is 10.2. The molecule has 0 spiro atoms. The fourth-order valence-corrected chi connectivity index (χ4v) is 1.83. The average molecular weight is 229 g/mol. The van der Waals surface area contributed by atoms with Crippen LogP contribution in [0.5, 0.6) is 0 Å². The molecule has 2 atom stereocenters. The highest BCUT2D eigenvalue weighted by Gasteiger charge is 2.42. The van der Waals surface area contributed by atoms with Gasteiger partial charge in [0.25, 0.3) is 0 Å². The summed E-state index contributed by atoms with van der Waals surface area (Å²) in [5.41, 5.74) is -0.559. The standard InChI is InChI=1S/C11H19NO4/c1-11(2,3)10(15)12-6-7(13)5-8(12)9(14)16-4/h7-8,13H,5-6H2,1-4H3/t7?,8-/m0/s1. The van der Waals surface area contributed by atoms with E-state index < -0.39 is 23.5 Å². The van der Waals surface area contributed by atoms with E-state index in [0.717, 1.165) is 0 Å². The average Bonchev–Trinajstić information content (AvgIpc) is 2.56. The summed E-state index contributed by atoms with van der Waals surface area (Å²) < 4.78 is 4.63. The number of aliphatic hydroxyl groups is 1. The molecule has 1 unspecified atom stereocenters. The van der Waals surface area contributed by atoms with Gasteiger partial charge in [0.2, 0.25) is 5.91 Å². The second-order valence-corrected chi connectivity index (χ2v) is 5.14. The molecule has 0 radical (unpaired) electrons. The summed E-state index contributed by atoms with van der Waals surface area (Å²) >= 11 is 0. The molecule has 1 aliphatic heterocycles. The Hall–Kier alpha value is -1.10. The van der Waals surface area contributed by atoms with Crippen LogP contribution in [0.15, 0.2) is 0 Å². The molecule has 1 rings (SSSR count). The summed E-state index contributed by atoms with van der Waals surface area (Å²) in [6.45, 7) is 5.56. The summed E-state index contributed by atoms with van der Waals surface area (Å²) in [6, 6.07) is -0.647. The topological polar surface area (TPSA) is 66.8 Å². The Bertz CT molecular complexity index is 295. The zero-order valence-corrected chi connectivity index (χ0v) is 10.2. The van der Waals surface area contributed by atoms with Gasteiger partial charge in [0.1, 0.15) is 6.04 Å². The summed E-state index contributed by atoms with van der Waals surface area (Å²) in [6.07, 6.45) is -0.385. The van der Waals surface area contributed by atoms with Crippen LogP contribution in [0.1, 0.15) is 27.2 Å². The van der Waals surface area contributed by atoms with E-state index in [-0.39, 0.29) is 18.9 Å². The first-order valence-electron chi connectivity index (χ1n) is 5.34. The van der Waals surface area contributed by atoms with Crippen molar-refractivity contribution in [3.05, 3.63) is 0 Å². The number of hydrogen-bond donors (Lipinski definition) is 1. The number of likely N-dealkylation sites (tertiary alicyclic amines) is 1. The third-order valence-corrected chi connectivity index (χ3v) is 2.65. The lowest BCUT2D eigenvalue weighted by atomic mass is 9.94. The number of nitrogens with zero attached hydrogens (tertiary/aromatic N) is 1. The fraction of sp³-hybridized carbons (Fsp3) is 0.818. The minimum atomic E-state index is -0.647. The molecule has 1 N–H and O–H groups in total. The molecule has 0 aromatic heterocycles. The number of ether oxygens (including phenoxy) is 1. The molecular weight excluding hydrogens is 210 g/mol. The second kappa shape index (κ2) is 4.41. The van der Waals surface area contributed by atoms with E-state index in [9.17, 15) is 14.7 Å². The van der Waals surface area contributed by atoms with Gasteiger partial charge in [0.05, 0.1) is 13.2 Å². The van der Waals surface area contributed by atoms with E-state index in [1.807, 2.05) is 0 Å². The number of aliphatic hydroxyl groups excluding tert-OH is 1. The van der Waals surface area contributed by atoms with Crippen molar-refractivity contribution >= 4 is 11.9 Å². The largest absolute Gasteiger partial charge is 0.467 e. The van der Waals surface area contributed by atoms with Crippen molar-refractivity contribution in [3.63, 3.8) is 0 Å². The van der Waals surface area contributed by atoms with Crippen LogP contribution in [0, 0.1) is 5.41 Å². The molecule has 0 aromatic carbocycles. The quantitative estimate of drug-likeness (QED) is 0.651. The molecule has 0 saturated carbocycles. The van der Waals surface area contributed by atoms with Gasteiger partial charge in [-0.1, -0.05) is 20.8 Å². The number of β-amino-alcohol motifs (C(OH)–C–C–N with tert-alkyl or cyclic N) is 1. The summed E-state index contributed by atoms with van der Waals surface area (Å²) in [5, 5.41) is 9.53. The molecule has 92 valence electrons. The molecule has 1 fully saturated rings. The molecule has 0 aromatic rings. The number of hydrogen-bond acceptors (Lipinski definition) is 4. The maximum Gasteiger partial charge on any atom is 0.328 e. The smallest absolute Gasteiger partial charge is 0.328 e. The van der Waals surface area contributed by atoms with Crippen LogP contribution in [0.2, 0.25) is 0 Å². The van der Waals surface area contributed by atoms with Crippen molar-refractivity contribution in [2.75, 3.05) is 13.7 Å². The van der Waals surface area contributed by atoms with Gasteiger partial charge in [-0.3, -0.25) is 4.79 Å². The van der Waals surface area contributed by atoms with E-state index in [2.05, 4.69) is 4.74 Å². The molecule has 0 bridgehead atoms. The highest BCUT2D eigenvalue weighted by Crippen LogP contribution is 2.26. The Morgan fingerprint density at radius 3 is 2.38 bits per heavy atom. The monoisotopic (exact) mass is 229 g/mol. The number of carbonyl (C=O) groups is 2. The van der Waals surface area contributed by atoms with Crippen molar-refractivity contribution in [3.8, 4) is 0 Å². The Kier molecular flexibility index (Phi) is 3.57. The first kappa shape index (κ1) is 13.0. The van der Waals surface area contributed by atoms with Gasteiger partial charge in [-0.2, -0.15) is 0 Å². The number of carbonyl (C=O) groups excluding carboxylic acids is 2. The highest BCUT2D eigenvalue weighted by molar-refractivity contribution is 5.88. The Labute approximate surface area is 95.4 Å². The van der Waals surface area contributed by atoms with Crippen molar-refractivity contribution in [2.24, 2.45) is 5.41 Å². The van der Waals surface area contributed by atoms with Gasteiger partial charge in [-0.25, -0.2) is 4.79 Å². The maximum atomic E-state index is 12.1. The van der Waals surface area contributed by atoms with Crippen molar-refractivity contribution < 1.29 is 19.4 Å². The molecule has 1 aliphatic rings. The first-order chi connectivity index (χ1) is 7.27. The van der Waals surface area contributed by atoms with Gasteiger partial charge in [-0.05, 0) is 0 Å². The molecule has 1 heterocycles. The lowest BCUT2D eigenvalue weighted by Gasteiger charge is -2.29. The molecule has 5 heteroatoms. The van der Waals surface area contributed by atoms with Gasteiger partial charge in [0.15, 0.2) is 0 Å². The molecule has 1 saturated heterocycles. The Morgan fingerprint density at radius 2 is 1.94 bits per heavy atom. The van der Waals surface area contributed by atoms with Crippen LogP contribution in [0.25, 0.3) is 0 Å². The van der Waals surface area contributed by atoms with E-state index in [1.165, 1.54) is 12.0 Å². The lowest BCUT2D eigenvalue weighted by molar-refractivity contribution is -0.153. The Balaban J connectivity index is 2.85. The van der Waals surface area contributed by atoms with Crippen LogP contribution in [0.4, 0.5) is 0 Å². The van der Waals surface area contributed by atoms with Crippen molar-refractivity contribution in [1.82, 2.24) is 4.90 Å². The zero-order chi connectivity index (χ0) is 12.5. The van der Waals surface area contributed by atoms with Crippen LogP contribution in [-0.2, 0) is 14.3 Å². The SMILES string of the molecule is COC(=O)[C@@H]1CC(O)CN1C(=O)C(C)(C)C. The lowest BCUT2D eigenvalue weighted by Crippen LogP contribution is -2.46. The van der Waals surface area contributed by atoms with E-state index >= 15 is 0 Å². The second-order valence-electron chi connectivity index (χ2n) is 5.14. The predicted octanol–water partition coefficient (Wildman–Crippen LogP) is 0.167. The van der Waals surface area contributed by atoms with E-state index in [4.69, 9.17) is 0 Å². The Morgan fingerprint density at radius 1 is 1.38 bits per heavy atom. The minimum absolute atomic E-state index is 0.139. The van der Waals surface area contributed by atoms with Crippen LogP contribution in [-0.4, -0.2) is 47.7 Å². The third kappa shape index (κ3) is 2.52.